The third-order valence-electron chi connectivity index (χ3n) is 2.04. The number of rotatable bonds is 1. The number of hydrogen-bond acceptors (Lipinski definition) is 2. The van der Waals surface area contributed by atoms with Crippen LogP contribution in [-0.2, 0) is 4.79 Å². The van der Waals surface area contributed by atoms with Crippen molar-refractivity contribution in [2.75, 3.05) is 10.7 Å². The van der Waals surface area contributed by atoms with Gasteiger partial charge in [0.1, 0.15) is 0 Å². The van der Waals surface area contributed by atoms with Crippen LogP contribution in [0.1, 0.15) is 5.56 Å². The van der Waals surface area contributed by atoms with Crippen molar-refractivity contribution in [2.24, 2.45) is 0 Å². The van der Waals surface area contributed by atoms with Crippen LogP contribution in [-0.4, -0.2) is 31.1 Å². The number of carbonyl (C=O) groups is 1. The number of carbonyl (C=O) groups excluding carboxylic acids is 1. The van der Waals surface area contributed by atoms with Gasteiger partial charge in [0.05, 0.1) is 0 Å². The van der Waals surface area contributed by atoms with Crippen molar-refractivity contribution in [1.29, 1.82) is 0 Å². The fraction of sp³-hybridized carbons (Fsp3) is 0.200. The van der Waals surface area contributed by atoms with Crippen LogP contribution in [0.15, 0.2) is 24.3 Å². The molecule has 1 saturated heterocycles. The van der Waals surface area contributed by atoms with Crippen molar-refractivity contribution < 1.29 is 4.79 Å². The monoisotopic (exact) mass is 271 g/mol. The zero-order chi connectivity index (χ0) is 10.1. The molecule has 1 aliphatic heterocycles. The maximum atomic E-state index is 11.5. The van der Waals surface area contributed by atoms with Gasteiger partial charge in [-0.25, -0.2) is 0 Å². The Labute approximate surface area is 95.0 Å². The van der Waals surface area contributed by atoms with Crippen molar-refractivity contribution in [3.8, 4) is 0 Å². The zero-order valence-electron chi connectivity index (χ0n) is 7.69. The second-order valence-electron chi connectivity index (χ2n) is 3.12. The normalized spacial score (nSPS) is 16.5. The van der Waals surface area contributed by atoms with Crippen molar-refractivity contribution in [3.63, 3.8) is 0 Å². The first-order valence-electron chi connectivity index (χ1n) is 4.25. The molecule has 2 rings (SSSR count). The third kappa shape index (κ3) is 1.78. The SMILES string of the molecule is Cc1ccc(N2C(=O)CSC2=[Se])cc1. The molecule has 14 heavy (non-hydrogen) atoms. The van der Waals surface area contributed by atoms with E-state index in [2.05, 4.69) is 15.6 Å². The summed E-state index contributed by atoms with van der Waals surface area (Å²) in [5.41, 5.74) is 2.15. The van der Waals surface area contributed by atoms with Crippen LogP contribution in [0, 0.1) is 6.92 Å². The fourth-order valence-electron chi connectivity index (χ4n) is 1.30. The molecule has 1 heterocycles. The molecule has 0 saturated carbocycles. The molecular weight excluding hydrogens is 261 g/mol. The molecular formula is C10H9NOSSe. The number of benzene rings is 1. The Morgan fingerprint density at radius 3 is 2.50 bits per heavy atom. The minimum absolute atomic E-state index is 0.146. The number of hydrogen-bond donors (Lipinski definition) is 0. The number of anilines is 1. The van der Waals surface area contributed by atoms with Crippen LogP contribution >= 0.6 is 11.8 Å². The number of nitrogens with zero attached hydrogens (tertiary/aromatic N) is 1. The average Bonchev–Trinajstić information content (AvgIpc) is 2.49. The Kier molecular flexibility index (Phi) is 2.77. The molecule has 0 atom stereocenters. The van der Waals surface area contributed by atoms with E-state index in [1.165, 1.54) is 5.56 Å². The molecule has 1 aliphatic rings. The van der Waals surface area contributed by atoms with E-state index in [1.54, 1.807) is 16.7 Å². The van der Waals surface area contributed by atoms with Crippen molar-refractivity contribution in [1.82, 2.24) is 0 Å². The Bertz CT molecular complexity index is 372. The fourth-order valence-corrected chi connectivity index (χ4v) is 2.82. The quantitative estimate of drug-likeness (QED) is 0.718. The average molecular weight is 270 g/mol. The van der Waals surface area contributed by atoms with Gasteiger partial charge in [0.15, 0.2) is 0 Å². The van der Waals surface area contributed by atoms with Crippen LogP contribution in [0.3, 0.4) is 0 Å². The molecule has 1 aromatic rings. The first-order valence-corrected chi connectivity index (χ1v) is 6.09. The first-order chi connectivity index (χ1) is 6.68. The van der Waals surface area contributed by atoms with Crippen molar-refractivity contribution >= 4 is 42.8 Å². The van der Waals surface area contributed by atoms with E-state index in [9.17, 15) is 4.79 Å². The summed E-state index contributed by atoms with van der Waals surface area (Å²) in [7, 11) is 0. The van der Waals surface area contributed by atoms with Gasteiger partial charge in [0, 0.05) is 0 Å². The summed E-state index contributed by atoms with van der Waals surface area (Å²) < 4.78 is 0.943. The Morgan fingerprint density at radius 2 is 2.00 bits per heavy atom. The molecule has 1 aromatic carbocycles. The summed E-state index contributed by atoms with van der Waals surface area (Å²) >= 11 is 4.47. The molecule has 0 aliphatic carbocycles. The number of amides is 1. The molecule has 72 valence electrons. The summed E-state index contributed by atoms with van der Waals surface area (Å²) in [5, 5.41) is 0. The second kappa shape index (κ2) is 3.89. The number of thioether (sulfide) groups is 1. The standard InChI is InChI=1S/C10H9NOSSe/c1-7-2-4-8(5-3-7)11-9(12)6-13-10(11)14/h2-5H,6H2,1H3. The predicted octanol–water partition coefficient (Wildman–Crippen LogP) is 1.33. The van der Waals surface area contributed by atoms with E-state index < -0.39 is 0 Å². The van der Waals surface area contributed by atoms with Gasteiger partial charge in [-0.3, -0.25) is 0 Å². The molecule has 1 amide bonds. The summed E-state index contributed by atoms with van der Waals surface area (Å²) in [6.45, 7) is 2.03. The molecule has 0 spiro atoms. The molecule has 0 radical (unpaired) electrons. The van der Waals surface area contributed by atoms with E-state index in [0.717, 1.165) is 9.56 Å². The molecule has 0 unspecified atom stereocenters. The zero-order valence-corrected chi connectivity index (χ0v) is 10.2. The molecule has 0 N–H and O–H groups in total. The molecule has 0 aromatic heterocycles. The maximum absolute atomic E-state index is 11.5. The van der Waals surface area contributed by atoms with E-state index in [1.807, 2.05) is 31.2 Å². The predicted molar refractivity (Wildman–Crippen MR) is 61.9 cm³/mol. The van der Waals surface area contributed by atoms with Crippen LogP contribution < -0.4 is 4.90 Å². The number of aryl methyl sites for hydroxylation is 1. The summed E-state index contributed by atoms with van der Waals surface area (Å²) in [6.07, 6.45) is 0. The molecule has 0 bridgehead atoms. The molecule has 2 nitrogen and oxygen atoms in total. The van der Waals surface area contributed by atoms with Gasteiger partial charge in [-0.1, -0.05) is 0 Å². The molecule has 1 fully saturated rings. The Balaban J connectivity index is 2.34. The van der Waals surface area contributed by atoms with Gasteiger partial charge in [0.25, 0.3) is 0 Å². The van der Waals surface area contributed by atoms with E-state index in [-0.39, 0.29) is 5.91 Å². The molecule has 4 heteroatoms. The van der Waals surface area contributed by atoms with Gasteiger partial charge < -0.3 is 0 Å². The van der Waals surface area contributed by atoms with Crippen molar-refractivity contribution in [3.05, 3.63) is 29.8 Å². The summed E-state index contributed by atoms with van der Waals surface area (Å²) in [5.74, 6) is 0.684. The van der Waals surface area contributed by atoms with E-state index in [0.29, 0.717) is 5.75 Å². The van der Waals surface area contributed by atoms with Crippen LogP contribution in [0.25, 0.3) is 0 Å². The first kappa shape index (κ1) is 9.96. The van der Waals surface area contributed by atoms with Crippen molar-refractivity contribution in [2.45, 2.75) is 6.92 Å². The van der Waals surface area contributed by atoms with E-state index >= 15 is 0 Å². The summed E-state index contributed by atoms with van der Waals surface area (Å²) in [4.78, 5) is 13.3. The van der Waals surface area contributed by atoms with Gasteiger partial charge in [-0.2, -0.15) is 0 Å². The summed E-state index contributed by atoms with van der Waals surface area (Å²) in [6, 6.07) is 7.96. The van der Waals surface area contributed by atoms with Gasteiger partial charge >= 0.3 is 95.0 Å². The second-order valence-corrected chi connectivity index (χ2v) is 5.48. The third-order valence-corrected chi connectivity index (χ3v) is 3.99. The van der Waals surface area contributed by atoms with Crippen LogP contribution in [0.4, 0.5) is 5.69 Å². The van der Waals surface area contributed by atoms with Crippen LogP contribution in [0.2, 0.25) is 0 Å². The Morgan fingerprint density at radius 1 is 1.36 bits per heavy atom. The van der Waals surface area contributed by atoms with E-state index in [4.69, 9.17) is 0 Å². The van der Waals surface area contributed by atoms with Gasteiger partial charge in [0.2, 0.25) is 0 Å². The topological polar surface area (TPSA) is 20.3 Å². The van der Waals surface area contributed by atoms with Gasteiger partial charge in [-0.15, -0.1) is 0 Å². The van der Waals surface area contributed by atoms with Gasteiger partial charge in [-0.05, 0) is 0 Å². The Hall–Kier alpha value is -0.571. The minimum atomic E-state index is 0.146. The van der Waals surface area contributed by atoms with Crippen LogP contribution in [0.5, 0.6) is 0 Å².